The lowest BCUT2D eigenvalue weighted by molar-refractivity contribution is -0.136. The summed E-state index contributed by atoms with van der Waals surface area (Å²) in [4.78, 5) is 22.8. The van der Waals surface area contributed by atoms with Crippen LogP contribution in [0.3, 0.4) is 0 Å². The topological polar surface area (TPSA) is 96.4 Å². The molecule has 5 saturated carbocycles. The molecule has 1 saturated heterocycles. The number of aliphatic hydroxyl groups is 1. The lowest BCUT2D eigenvalue weighted by Crippen LogP contribution is -2.61. The van der Waals surface area contributed by atoms with Crippen LogP contribution in [0.1, 0.15) is 86.2 Å². The van der Waals surface area contributed by atoms with Gasteiger partial charge in [0.05, 0.1) is 29.5 Å². The Labute approximate surface area is 183 Å². The van der Waals surface area contributed by atoms with Crippen molar-refractivity contribution in [2.24, 2.45) is 17.8 Å². The van der Waals surface area contributed by atoms with Crippen LogP contribution < -0.4 is 10.6 Å². The van der Waals surface area contributed by atoms with Crippen LogP contribution in [0.2, 0.25) is 0 Å². The van der Waals surface area contributed by atoms with E-state index in [9.17, 15) is 9.90 Å². The molecule has 6 aliphatic rings. The van der Waals surface area contributed by atoms with Crippen LogP contribution in [0.4, 0.5) is 5.95 Å². The molecule has 7 nitrogen and oxygen atoms in total. The molecular formula is C24H34N4O3. The van der Waals surface area contributed by atoms with Gasteiger partial charge in [-0.3, -0.25) is 4.79 Å². The van der Waals surface area contributed by atoms with E-state index in [2.05, 4.69) is 15.6 Å². The highest BCUT2D eigenvalue weighted by atomic mass is 16.5. The van der Waals surface area contributed by atoms with Crippen molar-refractivity contribution >= 4 is 11.9 Å². The molecule has 0 spiro atoms. The number of carbonyl (C=O) groups excluding carboxylic acids is 1. The van der Waals surface area contributed by atoms with Crippen molar-refractivity contribution in [3.8, 4) is 0 Å². The fourth-order valence-corrected chi connectivity index (χ4v) is 7.43. The number of anilines is 1. The van der Waals surface area contributed by atoms with Crippen LogP contribution in [0.25, 0.3) is 0 Å². The van der Waals surface area contributed by atoms with E-state index in [0.29, 0.717) is 41.8 Å². The zero-order valence-corrected chi connectivity index (χ0v) is 18.2. The number of amides is 1. The maximum Gasteiger partial charge on any atom is 0.254 e. The maximum absolute atomic E-state index is 13.5. The summed E-state index contributed by atoms with van der Waals surface area (Å²) < 4.78 is 5.46. The Morgan fingerprint density at radius 1 is 1.13 bits per heavy atom. The smallest absolute Gasteiger partial charge is 0.254 e. The quantitative estimate of drug-likeness (QED) is 0.670. The maximum atomic E-state index is 13.5. The summed E-state index contributed by atoms with van der Waals surface area (Å²) in [6.45, 7) is 1.45. The molecule has 7 rings (SSSR count). The third-order valence-electron chi connectivity index (χ3n) is 8.61. The third-order valence-corrected chi connectivity index (χ3v) is 8.61. The number of hydrogen-bond acceptors (Lipinski definition) is 6. The highest BCUT2D eigenvalue weighted by Gasteiger charge is 2.55. The number of carbonyl (C=O) groups is 1. The second kappa shape index (κ2) is 7.69. The van der Waals surface area contributed by atoms with Gasteiger partial charge >= 0.3 is 0 Å². The monoisotopic (exact) mass is 426 g/mol. The minimum atomic E-state index is -0.479. The van der Waals surface area contributed by atoms with Crippen molar-refractivity contribution in [3.63, 3.8) is 0 Å². The van der Waals surface area contributed by atoms with E-state index in [0.717, 1.165) is 63.7 Å². The van der Waals surface area contributed by atoms with Crippen molar-refractivity contribution in [2.75, 3.05) is 18.5 Å². The molecular weight excluding hydrogens is 392 g/mol. The Bertz CT molecular complexity index is 833. The highest BCUT2D eigenvalue weighted by Crippen LogP contribution is 2.55. The molecule has 5 aliphatic carbocycles. The zero-order chi connectivity index (χ0) is 21.0. The molecule has 31 heavy (non-hydrogen) atoms. The van der Waals surface area contributed by atoms with Gasteiger partial charge in [0.15, 0.2) is 0 Å². The third kappa shape index (κ3) is 3.74. The Hall–Kier alpha value is -1.73. The summed E-state index contributed by atoms with van der Waals surface area (Å²) in [5.41, 5.74) is 1.08. The predicted octanol–water partition coefficient (Wildman–Crippen LogP) is 3.00. The van der Waals surface area contributed by atoms with Gasteiger partial charge in [-0.05, 0) is 69.1 Å². The summed E-state index contributed by atoms with van der Waals surface area (Å²) in [5, 5.41) is 17.6. The fourth-order valence-electron chi connectivity index (χ4n) is 7.43. The molecule has 0 radical (unpaired) electrons. The van der Waals surface area contributed by atoms with Gasteiger partial charge in [0.1, 0.15) is 0 Å². The van der Waals surface area contributed by atoms with E-state index >= 15 is 0 Å². The SMILES string of the molecule is O=C(NC1C2CC3CC1CC(O)(C3)C2)c1cnc(N[C@H]2CCOC2)nc1C1CCCC1. The Morgan fingerprint density at radius 3 is 2.58 bits per heavy atom. The minimum absolute atomic E-state index is 0.0258. The number of ether oxygens (including phenoxy) is 1. The molecule has 1 amide bonds. The Balaban J connectivity index is 1.23. The fraction of sp³-hybridized carbons (Fsp3) is 0.792. The largest absolute Gasteiger partial charge is 0.390 e. The first-order chi connectivity index (χ1) is 15.1. The van der Waals surface area contributed by atoms with Gasteiger partial charge in [0.2, 0.25) is 5.95 Å². The van der Waals surface area contributed by atoms with Gasteiger partial charge in [-0.25, -0.2) is 9.97 Å². The van der Waals surface area contributed by atoms with Crippen LogP contribution in [-0.2, 0) is 4.74 Å². The summed E-state index contributed by atoms with van der Waals surface area (Å²) in [5.74, 6) is 2.37. The lowest BCUT2D eigenvalue weighted by atomic mass is 9.52. The molecule has 3 N–H and O–H groups in total. The van der Waals surface area contributed by atoms with Crippen LogP contribution in [-0.4, -0.2) is 51.9 Å². The van der Waals surface area contributed by atoms with Crippen LogP contribution in [0.15, 0.2) is 6.20 Å². The van der Waals surface area contributed by atoms with E-state index in [4.69, 9.17) is 9.72 Å². The highest BCUT2D eigenvalue weighted by molar-refractivity contribution is 5.95. The summed E-state index contributed by atoms with van der Waals surface area (Å²) >= 11 is 0. The number of nitrogens with one attached hydrogen (secondary N) is 2. The second-order valence-electron chi connectivity index (χ2n) is 10.9. The van der Waals surface area contributed by atoms with Gasteiger partial charge in [-0.1, -0.05) is 12.8 Å². The van der Waals surface area contributed by atoms with Crippen molar-refractivity contribution < 1.29 is 14.6 Å². The molecule has 1 aromatic rings. The van der Waals surface area contributed by atoms with Gasteiger partial charge in [-0.2, -0.15) is 0 Å². The molecule has 0 aromatic carbocycles. The van der Waals surface area contributed by atoms with Crippen molar-refractivity contribution in [1.82, 2.24) is 15.3 Å². The molecule has 168 valence electrons. The van der Waals surface area contributed by atoms with Gasteiger partial charge < -0.3 is 20.5 Å². The molecule has 3 atom stereocenters. The molecule has 4 bridgehead atoms. The standard InChI is InChI=1S/C24H34N4O3/c29-22(27-20-16-7-14-8-17(20)11-24(30,9-14)10-16)19-12-25-23(26-18-5-6-31-13-18)28-21(19)15-3-1-2-4-15/h12,14-18,20,30H,1-11,13H2,(H,27,29)(H,25,26,28)/t14?,16?,17?,18-,20?,24?/m0/s1. The average molecular weight is 427 g/mol. The van der Waals surface area contributed by atoms with Crippen molar-refractivity contribution in [3.05, 3.63) is 17.5 Å². The first-order valence-corrected chi connectivity index (χ1v) is 12.3. The molecule has 2 heterocycles. The van der Waals surface area contributed by atoms with Gasteiger partial charge in [-0.15, -0.1) is 0 Å². The van der Waals surface area contributed by atoms with E-state index in [1.54, 1.807) is 6.20 Å². The number of aromatic nitrogens is 2. The van der Waals surface area contributed by atoms with Crippen LogP contribution in [0, 0.1) is 17.8 Å². The summed E-state index contributed by atoms with van der Waals surface area (Å²) in [6, 6.07) is 0.421. The van der Waals surface area contributed by atoms with E-state index in [1.807, 2.05) is 0 Å². The Kier molecular flexibility index (Phi) is 4.94. The first-order valence-electron chi connectivity index (χ1n) is 12.3. The normalized spacial score (nSPS) is 39.2. The Morgan fingerprint density at radius 2 is 1.90 bits per heavy atom. The van der Waals surface area contributed by atoms with Crippen molar-refractivity contribution in [2.45, 2.75) is 87.8 Å². The molecule has 7 heteroatoms. The number of hydrogen-bond donors (Lipinski definition) is 3. The van der Waals surface area contributed by atoms with Crippen LogP contribution >= 0.6 is 0 Å². The average Bonchev–Trinajstić information content (AvgIpc) is 3.43. The van der Waals surface area contributed by atoms with Crippen molar-refractivity contribution in [1.29, 1.82) is 0 Å². The first kappa shape index (κ1) is 19.9. The molecule has 1 aliphatic heterocycles. The molecule has 1 aromatic heterocycles. The molecule has 6 fully saturated rings. The van der Waals surface area contributed by atoms with Gasteiger partial charge in [0.25, 0.3) is 5.91 Å². The number of nitrogens with zero attached hydrogens (tertiary/aromatic N) is 2. The minimum Gasteiger partial charge on any atom is -0.390 e. The lowest BCUT2D eigenvalue weighted by Gasteiger charge is -2.58. The van der Waals surface area contributed by atoms with E-state index in [1.165, 1.54) is 12.8 Å². The predicted molar refractivity (Wildman–Crippen MR) is 116 cm³/mol. The molecule has 2 unspecified atom stereocenters. The van der Waals surface area contributed by atoms with Gasteiger partial charge in [0, 0.05) is 24.8 Å². The van der Waals surface area contributed by atoms with E-state index in [-0.39, 0.29) is 18.0 Å². The second-order valence-corrected chi connectivity index (χ2v) is 10.9. The zero-order valence-electron chi connectivity index (χ0n) is 18.2. The van der Waals surface area contributed by atoms with E-state index < -0.39 is 5.60 Å². The number of rotatable bonds is 5. The van der Waals surface area contributed by atoms with Crippen LogP contribution in [0.5, 0.6) is 0 Å². The summed E-state index contributed by atoms with van der Waals surface area (Å²) in [6.07, 6.45) is 12.2. The summed E-state index contributed by atoms with van der Waals surface area (Å²) in [7, 11) is 0.